The molecule has 0 N–H and O–H groups in total. The zero-order valence-corrected chi connectivity index (χ0v) is 16.9. The van der Waals surface area contributed by atoms with E-state index in [1.165, 1.54) is 22.3 Å². The standard InChI is InChI=1S/C22H29Br/c1-21(2,3)18-11-7-16(8-12-18)15-20(23)17-9-13-19(14-10-17)22(4,5)6/h7-14,20H,15H2,1-6H3. The zero-order chi connectivity index (χ0) is 17.3. The van der Waals surface area contributed by atoms with Crippen LogP contribution in [0, 0.1) is 0 Å². The van der Waals surface area contributed by atoms with E-state index in [1.54, 1.807) is 0 Å². The van der Waals surface area contributed by atoms with Crippen molar-refractivity contribution in [1.29, 1.82) is 0 Å². The monoisotopic (exact) mass is 372 g/mol. The van der Waals surface area contributed by atoms with E-state index < -0.39 is 0 Å². The van der Waals surface area contributed by atoms with E-state index in [0.717, 1.165) is 6.42 Å². The first kappa shape index (κ1) is 18.3. The third kappa shape index (κ3) is 4.94. The van der Waals surface area contributed by atoms with Gasteiger partial charge in [0, 0.05) is 4.83 Å². The molecular formula is C22H29Br. The lowest BCUT2D eigenvalue weighted by molar-refractivity contribution is 0.589. The Morgan fingerprint density at radius 2 is 1.09 bits per heavy atom. The van der Waals surface area contributed by atoms with Crippen molar-refractivity contribution in [2.45, 2.75) is 63.6 Å². The van der Waals surface area contributed by atoms with Crippen LogP contribution in [0.25, 0.3) is 0 Å². The fourth-order valence-electron chi connectivity index (χ4n) is 2.66. The molecular weight excluding hydrogens is 344 g/mol. The van der Waals surface area contributed by atoms with Crippen LogP contribution in [0.15, 0.2) is 48.5 Å². The van der Waals surface area contributed by atoms with Crippen LogP contribution in [-0.2, 0) is 17.3 Å². The third-order valence-electron chi connectivity index (χ3n) is 4.37. The largest absolute Gasteiger partial charge is 0.0835 e. The molecule has 23 heavy (non-hydrogen) atoms. The summed E-state index contributed by atoms with van der Waals surface area (Å²) in [4.78, 5) is 0.358. The molecule has 0 amide bonds. The Morgan fingerprint density at radius 3 is 1.48 bits per heavy atom. The summed E-state index contributed by atoms with van der Waals surface area (Å²) in [6.07, 6.45) is 1.01. The van der Waals surface area contributed by atoms with Crippen molar-refractivity contribution in [1.82, 2.24) is 0 Å². The summed E-state index contributed by atoms with van der Waals surface area (Å²) < 4.78 is 0. The minimum atomic E-state index is 0.211. The van der Waals surface area contributed by atoms with E-state index in [-0.39, 0.29) is 10.8 Å². The molecule has 0 fully saturated rings. The average Bonchev–Trinajstić information content (AvgIpc) is 2.46. The van der Waals surface area contributed by atoms with Crippen LogP contribution in [0.1, 0.15) is 68.6 Å². The number of alkyl halides is 1. The molecule has 124 valence electrons. The second-order valence-electron chi connectivity index (χ2n) is 8.49. The Morgan fingerprint density at radius 1 is 0.696 bits per heavy atom. The molecule has 0 nitrogen and oxygen atoms in total. The molecule has 1 atom stereocenters. The van der Waals surface area contributed by atoms with Crippen LogP contribution in [0.3, 0.4) is 0 Å². The van der Waals surface area contributed by atoms with Gasteiger partial charge in [0.05, 0.1) is 0 Å². The Labute approximate surface area is 150 Å². The van der Waals surface area contributed by atoms with Gasteiger partial charge in [0.25, 0.3) is 0 Å². The van der Waals surface area contributed by atoms with E-state index in [2.05, 4.69) is 106 Å². The second-order valence-corrected chi connectivity index (χ2v) is 9.60. The van der Waals surface area contributed by atoms with Gasteiger partial charge in [-0.25, -0.2) is 0 Å². The lowest BCUT2D eigenvalue weighted by atomic mass is 9.85. The van der Waals surface area contributed by atoms with Gasteiger partial charge in [0.15, 0.2) is 0 Å². The Hall–Kier alpha value is -1.08. The molecule has 0 aliphatic carbocycles. The molecule has 0 aromatic heterocycles. The fourth-order valence-corrected chi connectivity index (χ4v) is 3.34. The minimum Gasteiger partial charge on any atom is -0.0835 e. The predicted molar refractivity (Wildman–Crippen MR) is 106 cm³/mol. The first-order valence-corrected chi connectivity index (χ1v) is 9.33. The molecule has 2 rings (SSSR count). The van der Waals surface area contributed by atoms with Crippen molar-refractivity contribution < 1.29 is 0 Å². The van der Waals surface area contributed by atoms with Crippen molar-refractivity contribution >= 4 is 15.9 Å². The highest BCUT2D eigenvalue weighted by Gasteiger charge is 2.16. The van der Waals surface area contributed by atoms with Gasteiger partial charge < -0.3 is 0 Å². The van der Waals surface area contributed by atoms with Gasteiger partial charge >= 0.3 is 0 Å². The summed E-state index contributed by atoms with van der Waals surface area (Å²) in [5.74, 6) is 0. The molecule has 1 unspecified atom stereocenters. The van der Waals surface area contributed by atoms with Crippen molar-refractivity contribution in [3.05, 3.63) is 70.8 Å². The summed E-state index contributed by atoms with van der Waals surface area (Å²) in [7, 11) is 0. The number of hydrogen-bond acceptors (Lipinski definition) is 0. The van der Waals surface area contributed by atoms with Gasteiger partial charge in [0.2, 0.25) is 0 Å². The van der Waals surface area contributed by atoms with Crippen LogP contribution < -0.4 is 0 Å². The van der Waals surface area contributed by atoms with Crippen LogP contribution >= 0.6 is 15.9 Å². The van der Waals surface area contributed by atoms with Gasteiger partial charge in [-0.3, -0.25) is 0 Å². The van der Waals surface area contributed by atoms with Crippen molar-refractivity contribution in [2.24, 2.45) is 0 Å². The number of benzene rings is 2. The Bertz CT molecular complexity index is 622. The van der Waals surface area contributed by atoms with E-state index in [1.807, 2.05) is 0 Å². The maximum Gasteiger partial charge on any atom is 0.0435 e. The highest BCUT2D eigenvalue weighted by atomic mass is 79.9. The molecule has 1 heteroatoms. The summed E-state index contributed by atoms with van der Waals surface area (Å²) in [6, 6.07) is 18.1. The van der Waals surface area contributed by atoms with Crippen LogP contribution in [0.5, 0.6) is 0 Å². The SMILES string of the molecule is CC(C)(C)c1ccc(CC(Br)c2ccc(C(C)(C)C)cc2)cc1. The molecule has 0 saturated carbocycles. The fraction of sp³-hybridized carbons (Fsp3) is 0.455. The smallest absolute Gasteiger partial charge is 0.0435 e. The van der Waals surface area contributed by atoms with Crippen LogP contribution in [0.2, 0.25) is 0 Å². The molecule has 0 aliphatic rings. The van der Waals surface area contributed by atoms with Crippen molar-refractivity contribution in [2.75, 3.05) is 0 Å². The van der Waals surface area contributed by atoms with Crippen molar-refractivity contribution in [3.63, 3.8) is 0 Å². The van der Waals surface area contributed by atoms with Crippen LogP contribution in [-0.4, -0.2) is 0 Å². The lowest BCUT2D eigenvalue weighted by Gasteiger charge is -2.21. The minimum absolute atomic E-state index is 0.211. The molecule has 0 heterocycles. The van der Waals surface area contributed by atoms with Crippen molar-refractivity contribution in [3.8, 4) is 0 Å². The molecule has 0 radical (unpaired) electrons. The number of hydrogen-bond donors (Lipinski definition) is 0. The Kier molecular flexibility index (Phi) is 5.41. The maximum atomic E-state index is 3.86. The van der Waals surface area contributed by atoms with E-state index in [0.29, 0.717) is 4.83 Å². The molecule has 0 bridgehead atoms. The number of rotatable bonds is 3. The van der Waals surface area contributed by atoms with Gasteiger partial charge in [-0.05, 0) is 39.5 Å². The first-order valence-electron chi connectivity index (χ1n) is 8.41. The maximum absolute atomic E-state index is 3.86. The average molecular weight is 373 g/mol. The second kappa shape index (κ2) is 6.81. The first-order chi connectivity index (χ1) is 10.6. The van der Waals surface area contributed by atoms with E-state index >= 15 is 0 Å². The summed E-state index contributed by atoms with van der Waals surface area (Å²) in [6.45, 7) is 13.5. The zero-order valence-electron chi connectivity index (χ0n) is 15.3. The summed E-state index contributed by atoms with van der Waals surface area (Å²) in [5.41, 5.74) is 5.92. The highest BCUT2D eigenvalue weighted by Crippen LogP contribution is 2.30. The quantitative estimate of drug-likeness (QED) is 0.510. The molecule has 2 aromatic carbocycles. The van der Waals surface area contributed by atoms with Gasteiger partial charge in [-0.1, -0.05) is 106 Å². The van der Waals surface area contributed by atoms with Gasteiger partial charge in [-0.2, -0.15) is 0 Å². The summed E-state index contributed by atoms with van der Waals surface area (Å²) in [5, 5.41) is 0. The third-order valence-corrected chi connectivity index (χ3v) is 5.23. The highest BCUT2D eigenvalue weighted by molar-refractivity contribution is 9.09. The van der Waals surface area contributed by atoms with E-state index in [9.17, 15) is 0 Å². The van der Waals surface area contributed by atoms with E-state index in [4.69, 9.17) is 0 Å². The topological polar surface area (TPSA) is 0 Å². The molecule has 0 aliphatic heterocycles. The molecule has 0 spiro atoms. The predicted octanol–water partition coefficient (Wildman–Crippen LogP) is 6.96. The molecule has 2 aromatic rings. The van der Waals surface area contributed by atoms with Gasteiger partial charge in [-0.15, -0.1) is 0 Å². The van der Waals surface area contributed by atoms with Crippen LogP contribution in [0.4, 0.5) is 0 Å². The Balaban J connectivity index is 2.08. The van der Waals surface area contributed by atoms with Gasteiger partial charge in [0.1, 0.15) is 0 Å². The number of halogens is 1. The molecule has 0 saturated heterocycles. The lowest BCUT2D eigenvalue weighted by Crippen LogP contribution is -2.11. The summed E-state index contributed by atoms with van der Waals surface area (Å²) >= 11 is 3.86. The normalized spacial score (nSPS) is 13.9.